The molecule has 0 bridgehead atoms. The van der Waals surface area contributed by atoms with Crippen molar-refractivity contribution in [1.29, 1.82) is 5.26 Å². The second kappa shape index (κ2) is 7.58. The number of fused-ring (bicyclic) bond motifs is 1. The smallest absolute Gasteiger partial charge is 0.426 e. The molecular formula is C20H20N5O4+. The molecule has 2 N–H and O–H groups in total. The molecule has 9 nitrogen and oxygen atoms in total. The Morgan fingerprint density at radius 3 is 3.00 bits per heavy atom. The van der Waals surface area contributed by atoms with Crippen LogP contribution in [0.1, 0.15) is 34.5 Å². The normalized spacial score (nSPS) is 23.1. The lowest BCUT2D eigenvalue weighted by molar-refractivity contribution is 0.111. The van der Waals surface area contributed by atoms with Gasteiger partial charge in [0.15, 0.2) is 6.29 Å². The molecule has 0 radical (unpaired) electrons. The van der Waals surface area contributed by atoms with Crippen molar-refractivity contribution in [3.05, 3.63) is 41.2 Å². The topological polar surface area (TPSA) is 128 Å². The summed E-state index contributed by atoms with van der Waals surface area (Å²) < 4.78 is 10.9. The molecule has 2 amide bonds. The van der Waals surface area contributed by atoms with Gasteiger partial charge in [-0.3, -0.25) is 4.79 Å². The predicted octanol–water partition coefficient (Wildman–Crippen LogP) is 1.99. The van der Waals surface area contributed by atoms with Gasteiger partial charge in [0.05, 0.1) is 25.5 Å². The van der Waals surface area contributed by atoms with Crippen LogP contribution in [0.25, 0.3) is 0 Å². The van der Waals surface area contributed by atoms with E-state index in [0.717, 1.165) is 5.56 Å². The van der Waals surface area contributed by atoms with Crippen molar-refractivity contribution in [3.8, 4) is 11.8 Å². The molecule has 0 aromatic carbocycles. The van der Waals surface area contributed by atoms with Crippen LogP contribution < -0.4 is 15.0 Å². The fourth-order valence-corrected chi connectivity index (χ4v) is 3.85. The van der Waals surface area contributed by atoms with Crippen molar-refractivity contribution in [2.24, 2.45) is 5.73 Å². The number of urea groups is 1. The fourth-order valence-electron chi connectivity index (χ4n) is 3.85. The molecule has 0 spiro atoms. The van der Waals surface area contributed by atoms with E-state index in [1.807, 2.05) is 0 Å². The molecule has 4 rings (SSSR count). The van der Waals surface area contributed by atoms with Gasteiger partial charge in [-0.1, -0.05) is 0 Å². The maximum atomic E-state index is 12.7. The van der Waals surface area contributed by atoms with E-state index in [1.165, 1.54) is 6.20 Å². The first-order chi connectivity index (χ1) is 14.1. The number of nitriles is 1. The zero-order valence-corrected chi connectivity index (χ0v) is 15.7. The summed E-state index contributed by atoms with van der Waals surface area (Å²) in [5.41, 5.74) is 7.17. The molecule has 0 aliphatic carbocycles. The average Bonchev–Trinajstić information content (AvgIpc) is 3.25. The Labute approximate surface area is 167 Å². The molecule has 29 heavy (non-hydrogen) atoms. The van der Waals surface area contributed by atoms with E-state index in [9.17, 15) is 14.9 Å². The molecule has 2 aliphatic rings. The average molecular weight is 394 g/mol. The van der Waals surface area contributed by atoms with Gasteiger partial charge >= 0.3 is 6.03 Å². The van der Waals surface area contributed by atoms with Crippen molar-refractivity contribution < 1.29 is 19.1 Å². The Kier molecular flexibility index (Phi) is 4.96. The summed E-state index contributed by atoms with van der Waals surface area (Å²) in [6.45, 7) is 1.38. The highest BCUT2D eigenvalue weighted by atomic mass is 16.5. The number of nitrogens with zero attached hydrogens (tertiary/aromatic N) is 4. The van der Waals surface area contributed by atoms with Gasteiger partial charge in [0.2, 0.25) is 11.6 Å². The minimum atomic E-state index is -0.658. The summed E-state index contributed by atoms with van der Waals surface area (Å²) >= 11 is 0. The lowest BCUT2D eigenvalue weighted by Crippen LogP contribution is -2.56. The third kappa shape index (κ3) is 3.22. The first kappa shape index (κ1) is 19.0. The van der Waals surface area contributed by atoms with E-state index < -0.39 is 10.5 Å². The largest absolute Gasteiger partial charge is 0.486 e. The first-order valence-corrected chi connectivity index (χ1v) is 9.37. The second-order valence-electron chi connectivity index (χ2n) is 7.07. The highest BCUT2D eigenvalue weighted by Crippen LogP contribution is 2.40. The number of aryl methyl sites for hydroxylation is 1. The maximum Gasteiger partial charge on any atom is 0.426 e. The number of nitrogens with two attached hydrogens (primary N) is 1. The number of hydrogen-bond acceptors (Lipinski definition) is 7. The van der Waals surface area contributed by atoms with E-state index in [4.69, 9.17) is 15.2 Å². The quantitative estimate of drug-likeness (QED) is 0.620. The number of aromatic nitrogens is 2. The van der Waals surface area contributed by atoms with E-state index in [0.29, 0.717) is 62.7 Å². The van der Waals surface area contributed by atoms with Crippen LogP contribution in [0.15, 0.2) is 24.4 Å². The number of aldehydes is 1. The molecule has 148 valence electrons. The molecule has 9 heteroatoms. The predicted molar refractivity (Wildman–Crippen MR) is 103 cm³/mol. The van der Waals surface area contributed by atoms with Crippen LogP contribution in [-0.4, -0.2) is 48.1 Å². The number of primary amides is 1. The third-order valence-corrected chi connectivity index (χ3v) is 5.32. The molecule has 2 aliphatic heterocycles. The zero-order chi connectivity index (χ0) is 20.4. The molecule has 2 atom stereocenters. The summed E-state index contributed by atoms with van der Waals surface area (Å²) in [5.74, 6) is 1.02. The van der Waals surface area contributed by atoms with Crippen LogP contribution in [0.4, 0.5) is 16.4 Å². The van der Waals surface area contributed by atoms with Crippen molar-refractivity contribution in [2.45, 2.75) is 25.4 Å². The Bertz CT molecular complexity index is 1010. The van der Waals surface area contributed by atoms with Gasteiger partial charge in [0.1, 0.15) is 35.7 Å². The zero-order valence-electron chi connectivity index (χ0n) is 15.7. The van der Waals surface area contributed by atoms with Gasteiger partial charge in [0.25, 0.3) is 0 Å². The molecular weight excluding hydrogens is 374 g/mol. The minimum Gasteiger partial charge on any atom is -0.486 e. The molecule has 2 aromatic heterocycles. The van der Waals surface area contributed by atoms with Crippen LogP contribution in [0.5, 0.6) is 5.75 Å². The van der Waals surface area contributed by atoms with Gasteiger partial charge in [-0.2, -0.15) is 10.2 Å². The van der Waals surface area contributed by atoms with Gasteiger partial charge in [0, 0.05) is 18.4 Å². The highest BCUT2D eigenvalue weighted by molar-refractivity contribution is 5.92. The number of rotatable bonds is 4. The van der Waals surface area contributed by atoms with Gasteiger partial charge in [-0.25, -0.2) is 9.78 Å². The molecule has 1 saturated heterocycles. The lowest BCUT2D eigenvalue weighted by Gasteiger charge is -2.35. The number of hydrogen-bond donors (Lipinski definition) is 1. The fraction of sp³-hybridized carbons (Fsp3) is 0.350. The Hall–Kier alpha value is -3.35. The van der Waals surface area contributed by atoms with Crippen molar-refractivity contribution in [2.75, 3.05) is 19.8 Å². The van der Waals surface area contributed by atoms with Crippen LogP contribution in [-0.2, 0) is 11.2 Å². The van der Waals surface area contributed by atoms with Crippen molar-refractivity contribution in [3.63, 3.8) is 0 Å². The first-order valence-electron chi connectivity index (χ1n) is 9.37. The van der Waals surface area contributed by atoms with Crippen molar-refractivity contribution in [1.82, 2.24) is 14.5 Å². The van der Waals surface area contributed by atoms with E-state index in [2.05, 4.69) is 16.0 Å². The third-order valence-electron chi connectivity index (χ3n) is 5.32. The highest BCUT2D eigenvalue weighted by Gasteiger charge is 2.47. The Balaban J connectivity index is 1.86. The molecule has 2 unspecified atom stereocenters. The van der Waals surface area contributed by atoms with Gasteiger partial charge < -0.3 is 15.2 Å². The summed E-state index contributed by atoms with van der Waals surface area (Å²) in [4.78, 5) is 32.8. The minimum absolute atomic E-state index is 0.173. The van der Waals surface area contributed by atoms with E-state index >= 15 is 0 Å². The molecule has 1 fully saturated rings. The number of pyridine rings is 2. The molecule has 2 aromatic rings. The number of carbonyl (C=O) groups excluding carboxylic acids is 2. The molecule has 0 saturated carbocycles. The van der Waals surface area contributed by atoms with E-state index in [1.54, 1.807) is 18.2 Å². The van der Waals surface area contributed by atoms with E-state index in [-0.39, 0.29) is 17.4 Å². The Morgan fingerprint density at radius 1 is 1.45 bits per heavy atom. The SMILES string of the molecule is N#Cc1cnc([N+]2(C(N)=O)CCCc3ccc(C=O)nc32)cc1OC1CCOC1. The lowest BCUT2D eigenvalue weighted by atomic mass is 10.0. The maximum absolute atomic E-state index is 12.7. The standard InChI is InChI=1S/C20H19N5O4/c21-9-14-10-23-18(8-17(14)29-16-5-7-28-12-16)25(20(22)27)6-1-2-13-3-4-15(11-26)24-19(13)25/h3-4,8,10-11,16H,1-2,5-7,12H2,(H-,22,27)/p+1. The number of ether oxygens (including phenoxy) is 2. The van der Waals surface area contributed by atoms with Crippen LogP contribution >= 0.6 is 0 Å². The number of amides is 2. The number of carbonyl (C=O) groups is 2. The van der Waals surface area contributed by atoms with Crippen LogP contribution in [0.2, 0.25) is 0 Å². The monoisotopic (exact) mass is 394 g/mol. The number of quaternary nitrogens is 1. The van der Waals surface area contributed by atoms with Crippen molar-refractivity contribution >= 4 is 24.0 Å². The van der Waals surface area contributed by atoms with Gasteiger partial charge in [-0.05, 0) is 18.6 Å². The second-order valence-corrected chi connectivity index (χ2v) is 7.07. The Morgan fingerprint density at radius 2 is 2.31 bits per heavy atom. The van der Waals surface area contributed by atoms with Crippen LogP contribution in [0, 0.1) is 11.3 Å². The summed E-state index contributed by atoms with van der Waals surface area (Å²) in [7, 11) is 0. The van der Waals surface area contributed by atoms with Gasteiger partial charge in [-0.15, -0.1) is 4.48 Å². The summed E-state index contributed by atoms with van der Waals surface area (Å²) in [6.07, 6.45) is 3.95. The molecule has 4 heterocycles. The van der Waals surface area contributed by atoms with Crippen LogP contribution in [0.3, 0.4) is 0 Å². The summed E-state index contributed by atoms with van der Waals surface area (Å²) in [5, 5.41) is 9.44. The summed E-state index contributed by atoms with van der Waals surface area (Å²) in [6, 6.07) is 6.39.